The first-order valence-corrected chi connectivity index (χ1v) is 9.04. The van der Waals surface area contributed by atoms with E-state index in [1.165, 1.54) is 6.07 Å². The van der Waals surface area contributed by atoms with Gasteiger partial charge in [0.2, 0.25) is 0 Å². The van der Waals surface area contributed by atoms with E-state index in [1.54, 1.807) is 12.1 Å². The summed E-state index contributed by atoms with van der Waals surface area (Å²) in [6.07, 6.45) is 3.93. The molecule has 0 bridgehead atoms. The molecule has 6 nitrogen and oxygen atoms in total. The van der Waals surface area contributed by atoms with Crippen molar-refractivity contribution in [3.05, 3.63) is 34.2 Å². The normalized spacial score (nSPS) is 18.3. The molecule has 2 N–H and O–H groups in total. The van der Waals surface area contributed by atoms with Crippen LogP contribution >= 0.6 is 0 Å². The lowest BCUT2D eigenvalue weighted by Crippen LogP contribution is -2.40. The molecular weight excluding hydrogens is 320 g/mol. The summed E-state index contributed by atoms with van der Waals surface area (Å²) in [4.78, 5) is 13.9. The lowest BCUT2D eigenvalue weighted by Gasteiger charge is -2.29. The number of nitrogens with two attached hydrogens (primary N) is 1. The van der Waals surface area contributed by atoms with Crippen molar-refractivity contribution in [3.63, 3.8) is 0 Å². The third-order valence-electron chi connectivity index (χ3n) is 5.05. The fourth-order valence-corrected chi connectivity index (χ4v) is 3.64. The van der Waals surface area contributed by atoms with Crippen molar-refractivity contribution >= 4 is 11.0 Å². The molecule has 1 saturated heterocycles. The van der Waals surface area contributed by atoms with Gasteiger partial charge >= 0.3 is 5.63 Å². The maximum atomic E-state index is 11.5. The molecule has 0 radical (unpaired) electrons. The zero-order valence-corrected chi connectivity index (χ0v) is 14.3. The summed E-state index contributed by atoms with van der Waals surface area (Å²) in [6.45, 7) is 4.44. The van der Waals surface area contributed by atoms with E-state index in [9.17, 15) is 4.79 Å². The van der Waals surface area contributed by atoms with Gasteiger partial charge in [-0.3, -0.25) is 0 Å². The molecule has 2 aliphatic rings. The number of hydrogen-bond donors (Lipinski definition) is 1. The van der Waals surface area contributed by atoms with Crippen molar-refractivity contribution in [2.24, 2.45) is 5.73 Å². The highest BCUT2D eigenvalue weighted by molar-refractivity contribution is 5.87. The van der Waals surface area contributed by atoms with Gasteiger partial charge in [0.25, 0.3) is 0 Å². The van der Waals surface area contributed by atoms with Crippen LogP contribution in [0.4, 0.5) is 0 Å². The fraction of sp³-hybridized carbons (Fsp3) is 0.526. The standard InChI is InChI=1S/C19H24N2O4/c20-13-4-8-21(9-5-13)7-1-10-24-19-14-2-3-18(22)25-17(14)12-16-15(19)6-11-23-16/h2-3,12-13H,1,4-11,20H2. The Labute approximate surface area is 146 Å². The van der Waals surface area contributed by atoms with Crippen LogP contribution in [0.25, 0.3) is 11.0 Å². The quantitative estimate of drug-likeness (QED) is 0.659. The highest BCUT2D eigenvalue weighted by atomic mass is 16.5. The molecule has 2 aromatic rings. The SMILES string of the molecule is NC1CCN(CCCOc2c3c(cc4oc(=O)ccc24)OCC3)CC1. The van der Waals surface area contributed by atoms with Crippen LogP contribution in [-0.4, -0.2) is 43.8 Å². The first-order chi connectivity index (χ1) is 12.2. The first kappa shape index (κ1) is 16.4. The second kappa shape index (κ2) is 7.06. The summed E-state index contributed by atoms with van der Waals surface area (Å²) in [5.41, 5.74) is 7.18. The minimum absolute atomic E-state index is 0.361. The Morgan fingerprint density at radius 2 is 2.12 bits per heavy atom. The summed E-state index contributed by atoms with van der Waals surface area (Å²) in [7, 11) is 0. The van der Waals surface area contributed by atoms with Crippen molar-refractivity contribution < 1.29 is 13.9 Å². The smallest absolute Gasteiger partial charge is 0.336 e. The molecule has 134 valence electrons. The Balaban J connectivity index is 1.45. The maximum absolute atomic E-state index is 11.5. The van der Waals surface area contributed by atoms with Gasteiger partial charge < -0.3 is 24.5 Å². The lowest BCUT2D eigenvalue weighted by atomic mass is 10.1. The molecule has 0 saturated carbocycles. The van der Waals surface area contributed by atoms with Crippen LogP contribution in [0.2, 0.25) is 0 Å². The summed E-state index contributed by atoms with van der Waals surface area (Å²) in [6, 6.07) is 5.37. The van der Waals surface area contributed by atoms with E-state index < -0.39 is 0 Å². The van der Waals surface area contributed by atoms with Gasteiger partial charge in [-0.05, 0) is 38.4 Å². The van der Waals surface area contributed by atoms with Gasteiger partial charge in [0.1, 0.15) is 17.1 Å². The third kappa shape index (κ3) is 3.50. The van der Waals surface area contributed by atoms with Gasteiger partial charge in [0.15, 0.2) is 0 Å². The highest BCUT2D eigenvalue weighted by Crippen LogP contribution is 2.39. The van der Waals surface area contributed by atoms with E-state index in [-0.39, 0.29) is 5.63 Å². The van der Waals surface area contributed by atoms with E-state index in [4.69, 9.17) is 19.6 Å². The Kier molecular flexibility index (Phi) is 4.63. The number of likely N-dealkylation sites (tertiary alicyclic amines) is 1. The molecule has 0 unspecified atom stereocenters. The Hall–Kier alpha value is -2.05. The van der Waals surface area contributed by atoms with Crippen LogP contribution < -0.4 is 20.8 Å². The van der Waals surface area contributed by atoms with Crippen LogP contribution in [0.5, 0.6) is 11.5 Å². The molecule has 4 rings (SSSR count). The zero-order valence-electron chi connectivity index (χ0n) is 14.3. The summed E-state index contributed by atoms with van der Waals surface area (Å²) < 4.78 is 17.1. The molecular formula is C19H24N2O4. The monoisotopic (exact) mass is 344 g/mol. The highest BCUT2D eigenvalue weighted by Gasteiger charge is 2.22. The Bertz CT molecular complexity index is 809. The van der Waals surface area contributed by atoms with Gasteiger partial charge in [-0.2, -0.15) is 0 Å². The molecule has 0 atom stereocenters. The second-order valence-corrected chi connectivity index (χ2v) is 6.83. The number of rotatable bonds is 5. The fourth-order valence-electron chi connectivity index (χ4n) is 3.64. The van der Waals surface area contributed by atoms with Crippen LogP contribution in [-0.2, 0) is 6.42 Å². The molecule has 3 heterocycles. The van der Waals surface area contributed by atoms with Gasteiger partial charge in [0.05, 0.1) is 18.6 Å². The summed E-state index contributed by atoms with van der Waals surface area (Å²) in [5.74, 6) is 1.57. The molecule has 0 spiro atoms. The molecule has 1 aromatic carbocycles. The molecule has 0 aliphatic carbocycles. The Morgan fingerprint density at radius 1 is 1.28 bits per heavy atom. The molecule has 1 fully saturated rings. The average Bonchev–Trinajstić information content (AvgIpc) is 3.07. The average molecular weight is 344 g/mol. The minimum Gasteiger partial charge on any atom is -0.493 e. The molecule has 6 heteroatoms. The number of nitrogens with zero attached hydrogens (tertiary/aromatic N) is 1. The van der Waals surface area contributed by atoms with Gasteiger partial charge in [-0.15, -0.1) is 0 Å². The molecule has 1 aromatic heterocycles. The first-order valence-electron chi connectivity index (χ1n) is 9.04. The van der Waals surface area contributed by atoms with Gasteiger partial charge in [-0.25, -0.2) is 4.79 Å². The van der Waals surface area contributed by atoms with Gasteiger partial charge in [0, 0.05) is 36.7 Å². The molecule has 0 amide bonds. The van der Waals surface area contributed by atoms with Crippen LogP contribution in [0.15, 0.2) is 27.4 Å². The number of benzene rings is 1. The van der Waals surface area contributed by atoms with Crippen molar-refractivity contribution in [3.8, 4) is 11.5 Å². The second-order valence-electron chi connectivity index (χ2n) is 6.83. The van der Waals surface area contributed by atoms with Crippen molar-refractivity contribution in [2.45, 2.75) is 31.7 Å². The van der Waals surface area contributed by atoms with E-state index in [0.29, 0.717) is 24.8 Å². The number of fused-ring (bicyclic) bond motifs is 2. The van der Waals surface area contributed by atoms with Crippen LogP contribution in [0.1, 0.15) is 24.8 Å². The van der Waals surface area contributed by atoms with Crippen molar-refractivity contribution in [2.75, 3.05) is 32.8 Å². The predicted octanol–water partition coefficient (Wildman–Crippen LogP) is 1.92. The Morgan fingerprint density at radius 3 is 2.96 bits per heavy atom. The molecule has 25 heavy (non-hydrogen) atoms. The van der Waals surface area contributed by atoms with E-state index >= 15 is 0 Å². The summed E-state index contributed by atoms with van der Waals surface area (Å²) in [5, 5.41) is 0.841. The third-order valence-corrected chi connectivity index (χ3v) is 5.05. The number of hydrogen-bond acceptors (Lipinski definition) is 6. The topological polar surface area (TPSA) is 77.9 Å². The summed E-state index contributed by atoms with van der Waals surface area (Å²) >= 11 is 0. The van der Waals surface area contributed by atoms with Gasteiger partial charge in [-0.1, -0.05) is 0 Å². The van der Waals surface area contributed by atoms with Crippen molar-refractivity contribution in [1.82, 2.24) is 4.90 Å². The lowest BCUT2D eigenvalue weighted by molar-refractivity contribution is 0.194. The maximum Gasteiger partial charge on any atom is 0.336 e. The van der Waals surface area contributed by atoms with E-state index in [2.05, 4.69) is 4.90 Å². The number of piperidine rings is 1. The van der Waals surface area contributed by atoms with E-state index in [0.717, 1.165) is 67.8 Å². The minimum atomic E-state index is -0.361. The largest absolute Gasteiger partial charge is 0.493 e. The number of ether oxygens (including phenoxy) is 2. The van der Waals surface area contributed by atoms with Crippen molar-refractivity contribution in [1.29, 1.82) is 0 Å². The zero-order chi connectivity index (χ0) is 17.2. The van der Waals surface area contributed by atoms with E-state index in [1.807, 2.05) is 0 Å². The predicted molar refractivity (Wildman–Crippen MR) is 95.4 cm³/mol. The molecule has 2 aliphatic heterocycles. The van der Waals surface area contributed by atoms with Crippen LogP contribution in [0, 0.1) is 0 Å². The van der Waals surface area contributed by atoms with Crippen LogP contribution in [0.3, 0.4) is 0 Å².